The number of nitrogens with zero attached hydrogens (tertiary/aromatic N) is 1. The van der Waals surface area contributed by atoms with Crippen molar-refractivity contribution in [2.45, 2.75) is 50.7 Å². The summed E-state index contributed by atoms with van der Waals surface area (Å²) < 4.78 is 19.9. The van der Waals surface area contributed by atoms with Gasteiger partial charge in [0.05, 0.1) is 0 Å². The molecule has 1 saturated carbocycles. The van der Waals surface area contributed by atoms with Crippen LogP contribution in [0.3, 0.4) is 0 Å². The molecule has 2 aliphatic rings. The Morgan fingerprint density at radius 2 is 2.14 bits per heavy atom. The SMILES string of the molecule is C[C@@]1(c2cc(NC3CCCC3)ccc2F)CCN=C(N)O1. The molecule has 1 aromatic carbocycles. The van der Waals surface area contributed by atoms with Crippen molar-refractivity contribution in [3.05, 3.63) is 29.6 Å². The molecule has 0 bridgehead atoms. The zero-order valence-corrected chi connectivity index (χ0v) is 12.4. The fraction of sp³-hybridized carbons (Fsp3) is 0.562. The van der Waals surface area contributed by atoms with Crippen LogP contribution < -0.4 is 11.1 Å². The maximum Gasteiger partial charge on any atom is 0.282 e. The molecule has 3 N–H and O–H groups in total. The van der Waals surface area contributed by atoms with Crippen molar-refractivity contribution in [3.8, 4) is 0 Å². The van der Waals surface area contributed by atoms with E-state index in [1.807, 2.05) is 13.0 Å². The number of halogens is 1. The second kappa shape index (κ2) is 5.54. The van der Waals surface area contributed by atoms with Crippen LogP contribution in [0.25, 0.3) is 0 Å². The molecule has 0 aromatic heterocycles. The van der Waals surface area contributed by atoms with Gasteiger partial charge in [-0.3, -0.25) is 0 Å². The Morgan fingerprint density at radius 1 is 1.38 bits per heavy atom. The largest absolute Gasteiger partial charge is 0.454 e. The van der Waals surface area contributed by atoms with E-state index in [1.165, 1.54) is 31.7 Å². The Labute approximate surface area is 124 Å². The molecule has 5 heteroatoms. The second-order valence-corrected chi connectivity index (χ2v) is 6.12. The van der Waals surface area contributed by atoms with Gasteiger partial charge in [0, 0.05) is 30.3 Å². The van der Waals surface area contributed by atoms with E-state index < -0.39 is 5.60 Å². The average Bonchev–Trinajstić information content (AvgIpc) is 2.93. The summed E-state index contributed by atoms with van der Waals surface area (Å²) in [4.78, 5) is 4.02. The highest BCUT2D eigenvalue weighted by molar-refractivity contribution is 5.72. The van der Waals surface area contributed by atoms with Crippen molar-refractivity contribution in [1.29, 1.82) is 0 Å². The lowest BCUT2D eigenvalue weighted by atomic mass is 9.90. The maximum absolute atomic E-state index is 14.3. The molecule has 0 amide bonds. The first-order valence-corrected chi connectivity index (χ1v) is 7.62. The van der Waals surface area contributed by atoms with Crippen LogP contribution in [0.5, 0.6) is 0 Å². The minimum atomic E-state index is -0.747. The first kappa shape index (κ1) is 14.2. The van der Waals surface area contributed by atoms with E-state index in [-0.39, 0.29) is 11.8 Å². The Balaban J connectivity index is 1.85. The van der Waals surface area contributed by atoms with E-state index in [4.69, 9.17) is 10.5 Å². The maximum atomic E-state index is 14.3. The van der Waals surface area contributed by atoms with Gasteiger partial charge in [-0.15, -0.1) is 0 Å². The van der Waals surface area contributed by atoms with Crippen LogP contribution in [0, 0.1) is 5.82 Å². The molecule has 0 unspecified atom stereocenters. The first-order valence-electron chi connectivity index (χ1n) is 7.62. The Bertz CT molecular complexity index is 554. The predicted molar refractivity (Wildman–Crippen MR) is 81.8 cm³/mol. The summed E-state index contributed by atoms with van der Waals surface area (Å²) in [7, 11) is 0. The molecule has 1 fully saturated rings. The topological polar surface area (TPSA) is 59.6 Å². The van der Waals surface area contributed by atoms with Crippen molar-refractivity contribution >= 4 is 11.7 Å². The van der Waals surface area contributed by atoms with Gasteiger partial charge in [0.25, 0.3) is 6.02 Å². The molecule has 21 heavy (non-hydrogen) atoms. The molecule has 1 heterocycles. The minimum absolute atomic E-state index is 0.136. The third kappa shape index (κ3) is 2.96. The fourth-order valence-electron chi connectivity index (χ4n) is 3.21. The highest BCUT2D eigenvalue weighted by Gasteiger charge is 2.35. The molecular formula is C16H22FN3O. The summed E-state index contributed by atoms with van der Waals surface area (Å²) in [5.41, 5.74) is 6.40. The summed E-state index contributed by atoms with van der Waals surface area (Å²) in [6.45, 7) is 2.42. The molecule has 4 nitrogen and oxygen atoms in total. The van der Waals surface area contributed by atoms with Gasteiger partial charge in [-0.2, -0.15) is 0 Å². The Hall–Kier alpha value is -1.78. The van der Waals surface area contributed by atoms with Crippen LogP contribution >= 0.6 is 0 Å². The van der Waals surface area contributed by atoms with Crippen molar-refractivity contribution in [1.82, 2.24) is 0 Å². The molecule has 0 saturated heterocycles. The molecule has 0 radical (unpaired) electrons. The quantitative estimate of drug-likeness (QED) is 0.899. The van der Waals surface area contributed by atoms with Crippen LogP contribution in [0.4, 0.5) is 10.1 Å². The van der Waals surface area contributed by atoms with Gasteiger partial charge in [-0.05, 0) is 38.0 Å². The number of benzene rings is 1. The van der Waals surface area contributed by atoms with Crippen molar-refractivity contribution in [2.75, 3.05) is 11.9 Å². The lowest BCUT2D eigenvalue weighted by molar-refractivity contribution is 0.0482. The number of hydrogen-bond acceptors (Lipinski definition) is 4. The predicted octanol–water partition coefficient (Wildman–Crippen LogP) is 3.13. The summed E-state index contributed by atoms with van der Waals surface area (Å²) in [5.74, 6) is -0.260. The smallest absolute Gasteiger partial charge is 0.282 e. The lowest BCUT2D eigenvalue weighted by Crippen LogP contribution is -2.38. The average molecular weight is 291 g/mol. The first-order chi connectivity index (χ1) is 10.1. The third-order valence-electron chi connectivity index (χ3n) is 4.45. The molecule has 1 aromatic rings. The monoisotopic (exact) mass is 291 g/mol. The Morgan fingerprint density at radius 3 is 2.86 bits per heavy atom. The van der Waals surface area contributed by atoms with Crippen LogP contribution in [-0.2, 0) is 10.3 Å². The fourth-order valence-corrected chi connectivity index (χ4v) is 3.21. The minimum Gasteiger partial charge on any atom is -0.454 e. The van der Waals surface area contributed by atoms with Gasteiger partial charge >= 0.3 is 0 Å². The number of ether oxygens (including phenoxy) is 1. The molecular weight excluding hydrogens is 269 g/mol. The highest BCUT2D eigenvalue weighted by atomic mass is 19.1. The normalized spacial score (nSPS) is 26.3. The standard InChI is InChI=1S/C16H22FN3O/c1-16(8-9-19-15(18)21-16)13-10-12(6-7-14(13)17)20-11-4-2-3-5-11/h6-7,10-11,20H,2-5,8-9H2,1H3,(H2,18,19)/t16-/m0/s1. The van der Waals surface area contributed by atoms with Gasteiger partial charge in [0.2, 0.25) is 0 Å². The van der Waals surface area contributed by atoms with Crippen molar-refractivity contribution in [2.24, 2.45) is 10.7 Å². The summed E-state index contributed by atoms with van der Waals surface area (Å²) in [6.07, 6.45) is 5.51. The van der Waals surface area contributed by atoms with Crippen LogP contribution in [0.1, 0.15) is 44.6 Å². The number of rotatable bonds is 3. The van der Waals surface area contributed by atoms with Crippen LogP contribution in [0.2, 0.25) is 0 Å². The molecule has 1 aliphatic carbocycles. The molecule has 114 valence electrons. The number of hydrogen-bond donors (Lipinski definition) is 2. The molecule has 3 rings (SSSR count). The van der Waals surface area contributed by atoms with Gasteiger partial charge in [-0.1, -0.05) is 12.8 Å². The number of amidine groups is 1. The van der Waals surface area contributed by atoms with Gasteiger partial charge in [0.1, 0.15) is 11.4 Å². The number of nitrogens with one attached hydrogen (secondary N) is 1. The van der Waals surface area contributed by atoms with E-state index in [2.05, 4.69) is 10.3 Å². The van der Waals surface area contributed by atoms with E-state index in [1.54, 1.807) is 6.07 Å². The second-order valence-electron chi connectivity index (χ2n) is 6.12. The lowest BCUT2D eigenvalue weighted by Gasteiger charge is -2.33. The van der Waals surface area contributed by atoms with Crippen molar-refractivity contribution < 1.29 is 9.13 Å². The van der Waals surface area contributed by atoms with Gasteiger partial charge in [-0.25, -0.2) is 9.38 Å². The number of nitrogens with two attached hydrogens (primary N) is 1. The molecule has 0 spiro atoms. The Kier molecular flexibility index (Phi) is 3.74. The van der Waals surface area contributed by atoms with Gasteiger partial charge < -0.3 is 15.8 Å². The van der Waals surface area contributed by atoms with E-state index in [0.717, 1.165) is 5.69 Å². The molecule has 1 atom stereocenters. The van der Waals surface area contributed by atoms with Crippen LogP contribution in [-0.4, -0.2) is 18.6 Å². The zero-order valence-electron chi connectivity index (χ0n) is 12.4. The number of aliphatic imine (C=N–C) groups is 1. The summed E-state index contributed by atoms with van der Waals surface area (Å²) >= 11 is 0. The van der Waals surface area contributed by atoms with Crippen LogP contribution in [0.15, 0.2) is 23.2 Å². The van der Waals surface area contributed by atoms with E-state index >= 15 is 0 Å². The van der Waals surface area contributed by atoms with E-state index in [0.29, 0.717) is 24.6 Å². The summed E-state index contributed by atoms with van der Waals surface area (Å²) in [5, 5.41) is 3.49. The van der Waals surface area contributed by atoms with E-state index in [9.17, 15) is 4.39 Å². The highest BCUT2D eigenvalue weighted by Crippen LogP contribution is 2.35. The zero-order chi connectivity index (χ0) is 14.9. The third-order valence-corrected chi connectivity index (χ3v) is 4.45. The molecule has 1 aliphatic heterocycles. The van der Waals surface area contributed by atoms with Gasteiger partial charge in [0.15, 0.2) is 0 Å². The summed E-state index contributed by atoms with van der Waals surface area (Å²) in [6, 6.07) is 5.78. The van der Waals surface area contributed by atoms with Crippen molar-refractivity contribution in [3.63, 3.8) is 0 Å². The number of anilines is 1.